The molecule has 5 nitrogen and oxygen atoms in total. The van der Waals surface area contributed by atoms with Gasteiger partial charge in [-0.05, 0) is 24.1 Å². The minimum Gasteiger partial charge on any atom is -0.351 e. The predicted octanol–water partition coefficient (Wildman–Crippen LogP) is 3.80. The zero-order valence-corrected chi connectivity index (χ0v) is 15.1. The SMILES string of the molecule is CC[C@@H](Sc1n[nH]c(-c2ccccc2F)n1)C(=O)NCc1ccccc1. The maximum Gasteiger partial charge on any atom is 0.233 e. The first-order valence-electron chi connectivity index (χ1n) is 8.33. The Balaban J connectivity index is 1.63. The van der Waals surface area contributed by atoms with Gasteiger partial charge in [-0.3, -0.25) is 9.89 Å². The van der Waals surface area contributed by atoms with Crippen LogP contribution in [-0.4, -0.2) is 26.3 Å². The molecule has 3 aromatic rings. The van der Waals surface area contributed by atoms with E-state index in [2.05, 4.69) is 20.5 Å². The van der Waals surface area contributed by atoms with Gasteiger partial charge in [-0.25, -0.2) is 9.37 Å². The number of H-pyrrole nitrogens is 1. The second-order valence-electron chi connectivity index (χ2n) is 5.66. The fourth-order valence-electron chi connectivity index (χ4n) is 2.42. The number of thioether (sulfide) groups is 1. The summed E-state index contributed by atoms with van der Waals surface area (Å²) >= 11 is 1.27. The van der Waals surface area contributed by atoms with Crippen LogP contribution in [0.4, 0.5) is 4.39 Å². The number of carbonyl (C=O) groups is 1. The lowest BCUT2D eigenvalue weighted by Crippen LogP contribution is -2.31. The van der Waals surface area contributed by atoms with E-state index in [9.17, 15) is 9.18 Å². The Labute approximate surface area is 155 Å². The van der Waals surface area contributed by atoms with Crippen LogP contribution in [-0.2, 0) is 11.3 Å². The van der Waals surface area contributed by atoms with Gasteiger partial charge in [-0.2, -0.15) is 0 Å². The number of benzene rings is 2. The van der Waals surface area contributed by atoms with E-state index in [4.69, 9.17) is 0 Å². The molecule has 1 heterocycles. The van der Waals surface area contributed by atoms with Crippen LogP contribution in [0.5, 0.6) is 0 Å². The molecular formula is C19H19FN4OS. The molecule has 0 fully saturated rings. The van der Waals surface area contributed by atoms with Gasteiger partial charge in [0.2, 0.25) is 11.1 Å². The monoisotopic (exact) mass is 370 g/mol. The molecular weight excluding hydrogens is 351 g/mol. The summed E-state index contributed by atoms with van der Waals surface area (Å²) in [6.45, 7) is 2.41. The number of amides is 1. The van der Waals surface area contributed by atoms with Crippen LogP contribution in [0.25, 0.3) is 11.4 Å². The van der Waals surface area contributed by atoms with Crippen molar-refractivity contribution in [3.63, 3.8) is 0 Å². The van der Waals surface area contributed by atoms with Gasteiger partial charge >= 0.3 is 0 Å². The van der Waals surface area contributed by atoms with Crippen LogP contribution >= 0.6 is 11.8 Å². The van der Waals surface area contributed by atoms with Crippen LogP contribution in [0.15, 0.2) is 59.8 Å². The van der Waals surface area contributed by atoms with E-state index in [0.29, 0.717) is 29.5 Å². The van der Waals surface area contributed by atoms with Crippen molar-refractivity contribution in [3.05, 3.63) is 66.0 Å². The number of nitrogens with zero attached hydrogens (tertiary/aromatic N) is 2. The number of aromatic amines is 1. The Morgan fingerprint density at radius 1 is 1.19 bits per heavy atom. The maximum absolute atomic E-state index is 13.8. The first kappa shape index (κ1) is 18.1. The standard InChI is InChI=1S/C19H19FN4OS/c1-2-16(18(25)21-12-13-8-4-3-5-9-13)26-19-22-17(23-24-19)14-10-6-7-11-15(14)20/h3-11,16H,2,12H2,1H3,(H,21,25)(H,22,23,24)/t16-/m1/s1. The fourth-order valence-corrected chi connectivity index (χ4v) is 3.28. The van der Waals surface area contributed by atoms with Crippen LogP contribution < -0.4 is 5.32 Å². The van der Waals surface area contributed by atoms with Crippen LogP contribution in [0.1, 0.15) is 18.9 Å². The molecule has 0 saturated carbocycles. The van der Waals surface area contributed by atoms with Crippen molar-refractivity contribution in [1.29, 1.82) is 0 Å². The summed E-state index contributed by atoms with van der Waals surface area (Å²) in [5.74, 6) is -0.0865. The zero-order chi connectivity index (χ0) is 18.4. The molecule has 0 aliphatic rings. The quantitative estimate of drug-likeness (QED) is 0.621. The molecule has 0 radical (unpaired) electrons. The smallest absolute Gasteiger partial charge is 0.233 e. The molecule has 0 bridgehead atoms. The zero-order valence-electron chi connectivity index (χ0n) is 14.3. The van der Waals surface area contributed by atoms with Crippen molar-refractivity contribution in [2.24, 2.45) is 0 Å². The molecule has 134 valence electrons. The van der Waals surface area contributed by atoms with Gasteiger partial charge in [0.15, 0.2) is 5.82 Å². The van der Waals surface area contributed by atoms with Crippen molar-refractivity contribution in [1.82, 2.24) is 20.5 Å². The third-order valence-electron chi connectivity index (χ3n) is 3.81. The first-order valence-corrected chi connectivity index (χ1v) is 9.21. The number of halogens is 1. The minimum absolute atomic E-state index is 0.0707. The highest BCUT2D eigenvalue weighted by Crippen LogP contribution is 2.25. The Bertz CT molecular complexity index is 869. The predicted molar refractivity (Wildman–Crippen MR) is 100 cm³/mol. The van der Waals surface area contributed by atoms with E-state index >= 15 is 0 Å². The van der Waals surface area contributed by atoms with Crippen molar-refractivity contribution in [3.8, 4) is 11.4 Å². The van der Waals surface area contributed by atoms with Gasteiger partial charge in [0.05, 0.1) is 10.8 Å². The van der Waals surface area contributed by atoms with Crippen LogP contribution in [0.3, 0.4) is 0 Å². The number of carbonyl (C=O) groups excluding carboxylic acids is 1. The summed E-state index contributed by atoms with van der Waals surface area (Å²) in [5, 5.41) is 9.87. The molecule has 0 spiro atoms. The molecule has 0 saturated heterocycles. The average Bonchev–Trinajstić information content (AvgIpc) is 3.13. The Morgan fingerprint density at radius 2 is 1.92 bits per heavy atom. The van der Waals surface area contributed by atoms with E-state index < -0.39 is 0 Å². The molecule has 2 N–H and O–H groups in total. The molecule has 26 heavy (non-hydrogen) atoms. The summed E-state index contributed by atoms with van der Waals surface area (Å²) in [6.07, 6.45) is 0.634. The number of nitrogens with one attached hydrogen (secondary N) is 2. The van der Waals surface area contributed by atoms with Crippen molar-refractivity contribution in [2.75, 3.05) is 0 Å². The number of hydrogen-bond donors (Lipinski definition) is 2. The molecule has 2 aromatic carbocycles. The highest BCUT2D eigenvalue weighted by molar-refractivity contribution is 8.00. The lowest BCUT2D eigenvalue weighted by atomic mass is 10.2. The normalized spacial score (nSPS) is 11.9. The lowest BCUT2D eigenvalue weighted by molar-refractivity contribution is -0.120. The lowest BCUT2D eigenvalue weighted by Gasteiger charge is -2.12. The van der Waals surface area contributed by atoms with Gasteiger partial charge in [-0.15, -0.1) is 5.10 Å². The highest BCUT2D eigenvalue weighted by Gasteiger charge is 2.20. The summed E-state index contributed by atoms with van der Waals surface area (Å²) in [4.78, 5) is 16.7. The number of aromatic nitrogens is 3. The molecule has 0 aliphatic heterocycles. The molecule has 1 atom stereocenters. The van der Waals surface area contributed by atoms with Crippen molar-refractivity contribution < 1.29 is 9.18 Å². The van der Waals surface area contributed by atoms with E-state index in [0.717, 1.165) is 5.56 Å². The Kier molecular flexibility index (Phi) is 6.01. The van der Waals surface area contributed by atoms with Crippen LogP contribution in [0, 0.1) is 5.82 Å². The van der Waals surface area contributed by atoms with E-state index in [1.165, 1.54) is 17.8 Å². The summed E-state index contributed by atoms with van der Waals surface area (Å²) in [7, 11) is 0. The summed E-state index contributed by atoms with van der Waals surface area (Å²) < 4.78 is 13.8. The van der Waals surface area contributed by atoms with E-state index in [-0.39, 0.29) is 17.0 Å². The third-order valence-corrected chi connectivity index (χ3v) is 5.04. The largest absolute Gasteiger partial charge is 0.351 e. The summed E-state index contributed by atoms with van der Waals surface area (Å²) in [5.41, 5.74) is 1.40. The van der Waals surface area contributed by atoms with Gasteiger partial charge < -0.3 is 5.32 Å². The summed E-state index contributed by atoms with van der Waals surface area (Å²) in [6, 6.07) is 16.1. The van der Waals surface area contributed by atoms with Gasteiger partial charge in [0.1, 0.15) is 5.82 Å². The van der Waals surface area contributed by atoms with Crippen molar-refractivity contribution >= 4 is 17.7 Å². The maximum atomic E-state index is 13.8. The second-order valence-corrected chi connectivity index (χ2v) is 6.83. The number of rotatable bonds is 7. The van der Waals surface area contributed by atoms with Crippen molar-refractivity contribution in [2.45, 2.75) is 30.3 Å². The number of hydrogen-bond acceptors (Lipinski definition) is 4. The van der Waals surface area contributed by atoms with Crippen LogP contribution in [0.2, 0.25) is 0 Å². The highest BCUT2D eigenvalue weighted by atomic mass is 32.2. The molecule has 3 rings (SSSR count). The molecule has 0 aliphatic carbocycles. The Morgan fingerprint density at radius 3 is 2.65 bits per heavy atom. The van der Waals surface area contributed by atoms with E-state index in [1.807, 2.05) is 37.3 Å². The molecule has 7 heteroatoms. The topological polar surface area (TPSA) is 70.7 Å². The van der Waals surface area contributed by atoms with Gasteiger partial charge in [0, 0.05) is 6.54 Å². The fraction of sp³-hybridized carbons (Fsp3) is 0.211. The third kappa shape index (κ3) is 4.49. The molecule has 0 unspecified atom stereocenters. The van der Waals surface area contributed by atoms with Gasteiger partial charge in [-0.1, -0.05) is 61.2 Å². The molecule has 1 amide bonds. The minimum atomic E-state index is -0.368. The van der Waals surface area contributed by atoms with E-state index in [1.54, 1.807) is 18.2 Å². The van der Waals surface area contributed by atoms with Gasteiger partial charge in [0.25, 0.3) is 0 Å². The first-order chi connectivity index (χ1) is 12.7. The molecule has 1 aromatic heterocycles. The average molecular weight is 370 g/mol. The Hall–Kier alpha value is -2.67. The second kappa shape index (κ2) is 8.62.